The van der Waals surface area contributed by atoms with Crippen molar-refractivity contribution in [3.8, 4) is 0 Å². The Hall–Kier alpha value is -0.280. The zero-order valence-electron chi connectivity index (χ0n) is 10.00. The summed E-state index contributed by atoms with van der Waals surface area (Å²) in [5.41, 5.74) is 6.00. The summed E-state index contributed by atoms with van der Waals surface area (Å²) >= 11 is 0. The van der Waals surface area contributed by atoms with Crippen LogP contribution < -0.4 is 11.1 Å². The van der Waals surface area contributed by atoms with Crippen LogP contribution in [0.15, 0.2) is 0 Å². The van der Waals surface area contributed by atoms with E-state index in [1.165, 1.54) is 25.7 Å². The van der Waals surface area contributed by atoms with Crippen LogP contribution in [0.25, 0.3) is 0 Å². The van der Waals surface area contributed by atoms with Crippen LogP contribution in [-0.4, -0.2) is 17.5 Å². The minimum atomic E-state index is -0.293. The maximum atomic E-state index is 11.8. The fourth-order valence-corrected chi connectivity index (χ4v) is 3.01. The first-order valence-corrected chi connectivity index (χ1v) is 6.23. The second-order valence-electron chi connectivity index (χ2n) is 5.33. The summed E-state index contributed by atoms with van der Waals surface area (Å²) in [6.07, 6.45) is 7.83. The van der Waals surface area contributed by atoms with Crippen LogP contribution in [0, 0.1) is 5.92 Å². The molecule has 16 heavy (non-hydrogen) atoms. The molecule has 3 nitrogen and oxygen atoms in total. The standard InChI is InChI=1S/C12H22N2O.ClH/c1-2-3-4-10(13)11(15)14-12-6-5-9(7-12)8-12;/h9-10H,2-8,13H2,1H3,(H,14,15);1H. The maximum Gasteiger partial charge on any atom is 0.237 e. The number of amides is 1. The van der Waals surface area contributed by atoms with Crippen molar-refractivity contribution in [1.82, 2.24) is 5.32 Å². The highest BCUT2D eigenvalue weighted by Crippen LogP contribution is 2.51. The molecule has 3 rings (SSSR count). The number of hydrogen-bond donors (Lipinski definition) is 2. The molecule has 0 saturated heterocycles. The summed E-state index contributed by atoms with van der Waals surface area (Å²) in [7, 11) is 0. The first-order chi connectivity index (χ1) is 7.15. The van der Waals surface area contributed by atoms with Gasteiger partial charge < -0.3 is 11.1 Å². The van der Waals surface area contributed by atoms with Crippen molar-refractivity contribution in [2.75, 3.05) is 0 Å². The van der Waals surface area contributed by atoms with Gasteiger partial charge in [-0.3, -0.25) is 4.79 Å². The van der Waals surface area contributed by atoms with Crippen LogP contribution in [0.2, 0.25) is 0 Å². The van der Waals surface area contributed by atoms with Gasteiger partial charge in [0.2, 0.25) is 5.91 Å². The van der Waals surface area contributed by atoms with E-state index < -0.39 is 0 Å². The quantitative estimate of drug-likeness (QED) is 0.780. The number of nitrogens with two attached hydrogens (primary N) is 1. The molecular formula is C12H23ClN2O. The SMILES string of the molecule is CCCCC(N)C(=O)NC12CCC(C1)C2.Cl. The molecule has 3 saturated carbocycles. The molecule has 3 aliphatic carbocycles. The Balaban J connectivity index is 0.00000128. The predicted molar refractivity (Wildman–Crippen MR) is 67.6 cm³/mol. The fraction of sp³-hybridized carbons (Fsp3) is 0.917. The summed E-state index contributed by atoms with van der Waals surface area (Å²) in [6, 6.07) is -0.293. The average Bonchev–Trinajstić information content (AvgIpc) is 2.72. The van der Waals surface area contributed by atoms with Gasteiger partial charge in [0.1, 0.15) is 0 Å². The van der Waals surface area contributed by atoms with E-state index in [-0.39, 0.29) is 29.9 Å². The second kappa shape index (κ2) is 5.37. The van der Waals surface area contributed by atoms with Gasteiger partial charge in [0, 0.05) is 5.54 Å². The van der Waals surface area contributed by atoms with Crippen LogP contribution in [0.5, 0.6) is 0 Å². The number of halogens is 1. The van der Waals surface area contributed by atoms with Crippen LogP contribution >= 0.6 is 12.4 Å². The van der Waals surface area contributed by atoms with Gasteiger partial charge in [0.25, 0.3) is 0 Å². The molecule has 0 heterocycles. The van der Waals surface area contributed by atoms with Crippen molar-refractivity contribution in [1.29, 1.82) is 0 Å². The van der Waals surface area contributed by atoms with E-state index >= 15 is 0 Å². The highest BCUT2D eigenvalue weighted by Gasteiger charge is 2.51. The van der Waals surface area contributed by atoms with Crippen molar-refractivity contribution in [3.05, 3.63) is 0 Å². The lowest BCUT2D eigenvalue weighted by Gasteiger charge is -2.39. The van der Waals surface area contributed by atoms with E-state index in [1.807, 2.05) is 0 Å². The largest absolute Gasteiger partial charge is 0.349 e. The third-order valence-corrected chi connectivity index (χ3v) is 3.98. The van der Waals surface area contributed by atoms with Crippen molar-refractivity contribution >= 4 is 18.3 Å². The van der Waals surface area contributed by atoms with Gasteiger partial charge in [-0.2, -0.15) is 0 Å². The molecule has 0 aromatic carbocycles. The molecule has 0 spiro atoms. The molecule has 0 aromatic heterocycles. The van der Waals surface area contributed by atoms with E-state index in [1.54, 1.807) is 0 Å². The molecule has 3 fully saturated rings. The second-order valence-corrected chi connectivity index (χ2v) is 5.33. The Labute approximate surface area is 104 Å². The van der Waals surface area contributed by atoms with Crippen molar-refractivity contribution < 1.29 is 4.79 Å². The summed E-state index contributed by atoms with van der Waals surface area (Å²) in [6.45, 7) is 2.12. The maximum absolute atomic E-state index is 11.8. The van der Waals surface area contributed by atoms with Gasteiger partial charge in [0.05, 0.1) is 6.04 Å². The van der Waals surface area contributed by atoms with Crippen LogP contribution in [0.1, 0.15) is 51.9 Å². The normalized spacial score (nSPS) is 32.5. The van der Waals surface area contributed by atoms with Gasteiger partial charge in [0.15, 0.2) is 0 Å². The minimum absolute atomic E-state index is 0. The van der Waals surface area contributed by atoms with Crippen LogP contribution in [0.3, 0.4) is 0 Å². The van der Waals surface area contributed by atoms with Crippen LogP contribution in [0.4, 0.5) is 0 Å². The summed E-state index contributed by atoms with van der Waals surface area (Å²) in [5, 5.41) is 3.17. The van der Waals surface area contributed by atoms with Crippen LogP contribution in [-0.2, 0) is 4.79 Å². The number of hydrogen-bond acceptors (Lipinski definition) is 2. The number of carbonyl (C=O) groups is 1. The number of carbonyl (C=O) groups excluding carboxylic acids is 1. The van der Waals surface area contributed by atoms with E-state index in [2.05, 4.69) is 12.2 Å². The molecule has 0 aromatic rings. The van der Waals surface area contributed by atoms with E-state index in [4.69, 9.17) is 5.73 Å². The lowest BCUT2D eigenvalue weighted by molar-refractivity contribution is -0.125. The molecule has 2 bridgehead atoms. The molecule has 1 amide bonds. The van der Waals surface area contributed by atoms with Gasteiger partial charge in [-0.15, -0.1) is 12.4 Å². The van der Waals surface area contributed by atoms with Gasteiger partial charge in [-0.25, -0.2) is 0 Å². The number of rotatable bonds is 5. The molecule has 3 N–H and O–H groups in total. The van der Waals surface area contributed by atoms with Crippen molar-refractivity contribution in [3.63, 3.8) is 0 Å². The topological polar surface area (TPSA) is 55.1 Å². The number of nitrogens with one attached hydrogen (secondary N) is 1. The fourth-order valence-electron chi connectivity index (χ4n) is 3.01. The lowest BCUT2D eigenvalue weighted by Crippen LogP contribution is -2.56. The Kier molecular flexibility index (Phi) is 4.62. The summed E-state index contributed by atoms with van der Waals surface area (Å²) < 4.78 is 0. The van der Waals surface area contributed by atoms with Gasteiger partial charge >= 0.3 is 0 Å². The van der Waals surface area contributed by atoms with Crippen molar-refractivity contribution in [2.45, 2.75) is 63.5 Å². The van der Waals surface area contributed by atoms with Gasteiger partial charge in [-0.1, -0.05) is 19.8 Å². The first-order valence-electron chi connectivity index (χ1n) is 6.23. The Morgan fingerprint density at radius 2 is 2.25 bits per heavy atom. The Bertz CT molecular complexity index is 246. The van der Waals surface area contributed by atoms with E-state index in [9.17, 15) is 4.79 Å². The predicted octanol–water partition coefficient (Wildman–Crippen LogP) is 1.98. The summed E-state index contributed by atoms with van der Waals surface area (Å²) in [4.78, 5) is 11.8. The molecular weight excluding hydrogens is 224 g/mol. The van der Waals surface area contributed by atoms with Crippen molar-refractivity contribution in [2.24, 2.45) is 11.7 Å². The average molecular weight is 247 g/mol. The smallest absolute Gasteiger partial charge is 0.237 e. The van der Waals surface area contributed by atoms with E-state index in [0.29, 0.717) is 0 Å². The zero-order chi connectivity index (χ0) is 10.9. The molecule has 1 atom stereocenters. The highest BCUT2D eigenvalue weighted by atomic mass is 35.5. The first kappa shape index (κ1) is 13.8. The monoisotopic (exact) mass is 246 g/mol. The summed E-state index contributed by atoms with van der Waals surface area (Å²) in [5.74, 6) is 0.959. The molecule has 94 valence electrons. The third kappa shape index (κ3) is 2.69. The Morgan fingerprint density at radius 1 is 1.56 bits per heavy atom. The third-order valence-electron chi connectivity index (χ3n) is 3.98. The minimum Gasteiger partial charge on any atom is -0.349 e. The molecule has 3 aliphatic rings. The number of fused-ring (bicyclic) bond motifs is 1. The molecule has 0 aliphatic heterocycles. The number of unbranched alkanes of at least 4 members (excludes halogenated alkanes) is 1. The Morgan fingerprint density at radius 3 is 2.75 bits per heavy atom. The highest BCUT2D eigenvalue weighted by molar-refractivity contribution is 5.85. The molecule has 4 heteroatoms. The molecule has 0 radical (unpaired) electrons. The zero-order valence-corrected chi connectivity index (χ0v) is 10.8. The lowest BCUT2D eigenvalue weighted by atomic mass is 9.77. The van der Waals surface area contributed by atoms with E-state index in [0.717, 1.165) is 25.2 Å². The molecule has 1 unspecified atom stereocenters. The van der Waals surface area contributed by atoms with Gasteiger partial charge in [-0.05, 0) is 38.0 Å².